The minimum absolute atomic E-state index is 0.262. The minimum atomic E-state index is -0.432. The lowest BCUT2D eigenvalue weighted by Gasteiger charge is -2.09. The average molecular weight is 337 g/mol. The zero-order chi connectivity index (χ0) is 16.1. The summed E-state index contributed by atoms with van der Waals surface area (Å²) in [6.07, 6.45) is 2.95. The van der Waals surface area contributed by atoms with Gasteiger partial charge in [-0.25, -0.2) is 9.18 Å². The Morgan fingerprint density at radius 3 is 2.59 bits per heavy atom. The van der Waals surface area contributed by atoms with E-state index in [-0.39, 0.29) is 5.82 Å². The molecule has 0 aliphatic rings. The number of rotatable bonds is 4. The van der Waals surface area contributed by atoms with Crippen LogP contribution in [0.25, 0.3) is 6.08 Å². The van der Waals surface area contributed by atoms with E-state index in [4.69, 9.17) is 11.6 Å². The van der Waals surface area contributed by atoms with Crippen LogP contribution in [-0.4, -0.2) is 13.1 Å². The number of hydrogen-bond acceptors (Lipinski definition) is 3. The van der Waals surface area contributed by atoms with E-state index in [9.17, 15) is 9.18 Å². The number of halogens is 2. The third-order valence-corrected chi connectivity index (χ3v) is 4.43. The van der Waals surface area contributed by atoms with Gasteiger partial charge in [-0.3, -0.25) is 0 Å². The predicted molar refractivity (Wildman–Crippen MR) is 87.8 cm³/mol. The molecule has 0 unspecified atom stereocenters. The Labute approximate surface area is 137 Å². The van der Waals surface area contributed by atoms with Crippen molar-refractivity contribution in [2.45, 2.75) is 16.7 Å². The van der Waals surface area contributed by atoms with Crippen LogP contribution in [0.4, 0.5) is 4.39 Å². The van der Waals surface area contributed by atoms with Crippen LogP contribution in [0.5, 0.6) is 0 Å². The number of benzene rings is 2. The van der Waals surface area contributed by atoms with Gasteiger partial charge in [0.2, 0.25) is 0 Å². The molecule has 0 saturated carbocycles. The fourth-order valence-corrected chi connectivity index (χ4v) is 2.99. The van der Waals surface area contributed by atoms with Gasteiger partial charge in [0.25, 0.3) is 0 Å². The largest absolute Gasteiger partial charge is 0.466 e. The Bertz CT molecular complexity index is 711. The first kappa shape index (κ1) is 16.6. The second-order valence-electron chi connectivity index (χ2n) is 4.55. The summed E-state index contributed by atoms with van der Waals surface area (Å²) in [6, 6.07) is 10.0. The van der Waals surface area contributed by atoms with E-state index in [2.05, 4.69) is 4.74 Å². The molecule has 0 saturated heterocycles. The molecule has 0 fully saturated rings. The van der Waals surface area contributed by atoms with E-state index in [1.165, 1.54) is 37.1 Å². The molecule has 0 radical (unpaired) electrons. The first-order valence-corrected chi connectivity index (χ1v) is 7.68. The van der Waals surface area contributed by atoms with Crippen molar-refractivity contribution in [2.24, 2.45) is 0 Å². The van der Waals surface area contributed by atoms with Crippen LogP contribution in [0, 0.1) is 12.7 Å². The van der Waals surface area contributed by atoms with Gasteiger partial charge in [-0.05, 0) is 60.5 Å². The van der Waals surface area contributed by atoms with Gasteiger partial charge >= 0.3 is 5.97 Å². The first-order valence-electron chi connectivity index (χ1n) is 6.49. The summed E-state index contributed by atoms with van der Waals surface area (Å²) in [6.45, 7) is 1.96. The topological polar surface area (TPSA) is 26.3 Å². The molecule has 0 N–H and O–H groups in total. The maximum absolute atomic E-state index is 12.9. The van der Waals surface area contributed by atoms with Gasteiger partial charge in [0.05, 0.1) is 7.11 Å². The van der Waals surface area contributed by atoms with E-state index in [0.717, 1.165) is 20.9 Å². The van der Waals surface area contributed by atoms with E-state index in [1.807, 2.05) is 19.1 Å². The van der Waals surface area contributed by atoms with Gasteiger partial charge in [0.1, 0.15) is 5.82 Å². The number of carbonyl (C=O) groups excluding carboxylic acids is 1. The molecule has 0 amide bonds. The molecule has 2 rings (SSSR count). The third kappa shape index (κ3) is 4.36. The second-order valence-corrected chi connectivity index (χ2v) is 6.07. The second kappa shape index (κ2) is 7.47. The van der Waals surface area contributed by atoms with Gasteiger partial charge < -0.3 is 4.74 Å². The molecule has 0 aromatic heterocycles. The van der Waals surface area contributed by atoms with Crippen LogP contribution in [0.1, 0.15) is 11.1 Å². The molecule has 0 bridgehead atoms. The zero-order valence-electron chi connectivity index (χ0n) is 12.1. The molecule has 2 nitrogen and oxygen atoms in total. The molecular weight excluding hydrogens is 323 g/mol. The lowest BCUT2D eigenvalue weighted by molar-refractivity contribution is -0.134. The summed E-state index contributed by atoms with van der Waals surface area (Å²) in [4.78, 5) is 13.0. The van der Waals surface area contributed by atoms with Gasteiger partial charge in [-0.1, -0.05) is 23.4 Å². The number of carbonyl (C=O) groups is 1. The van der Waals surface area contributed by atoms with Crippen LogP contribution < -0.4 is 0 Å². The average Bonchev–Trinajstić information content (AvgIpc) is 2.51. The molecule has 114 valence electrons. The van der Waals surface area contributed by atoms with E-state index in [1.54, 1.807) is 18.2 Å². The van der Waals surface area contributed by atoms with Crippen molar-refractivity contribution in [3.8, 4) is 0 Å². The fourth-order valence-electron chi connectivity index (χ4n) is 1.78. The van der Waals surface area contributed by atoms with Crippen LogP contribution in [0.2, 0.25) is 5.02 Å². The van der Waals surface area contributed by atoms with Gasteiger partial charge in [0, 0.05) is 20.9 Å². The summed E-state index contributed by atoms with van der Waals surface area (Å²) >= 11 is 7.75. The molecule has 22 heavy (non-hydrogen) atoms. The van der Waals surface area contributed by atoms with Crippen LogP contribution in [-0.2, 0) is 9.53 Å². The summed E-state index contributed by atoms with van der Waals surface area (Å²) in [7, 11) is 1.32. The smallest absolute Gasteiger partial charge is 0.330 e. The predicted octanol–water partition coefficient (Wildman–Crippen LogP) is 5.12. The van der Waals surface area contributed by atoms with Crippen LogP contribution >= 0.6 is 23.4 Å². The quantitative estimate of drug-likeness (QED) is 0.572. The Morgan fingerprint density at radius 1 is 1.27 bits per heavy atom. The first-order chi connectivity index (χ1) is 10.5. The minimum Gasteiger partial charge on any atom is -0.466 e. The number of ether oxygens (including phenoxy) is 1. The van der Waals surface area contributed by atoms with Gasteiger partial charge in [-0.2, -0.15) is 0 Å². The number of aryl methyl sites for hydroxylation is 1. The lowest BCUT2D eigenvalue weighted by Crippen LogP contribution is -1.93. The van der Waals surface area contributed by atoms with Crippen LogP contribution in [0.15, 0.2) is 52.3 Å². The molecular formula is C17H14ClFO2S. The van der Waals surface area contributed by atoms with Crippen molar-refractivity contribution >= 4 is 35.4 Å². The Balaban J connectivity index is 2.24. The molecule has 0 aliphatic heterocycles. The SMILES string of the molecule is COC(=O)C=Cc1cc(C)c(Sc2ccc(F)cc2)cc1Cl. The van der Waals surface area contributed by atoms with Crippen molar-refractivity contribution in [2.75, 3.05) is 7.11 Å². The molecule has 5 heteroatoms. The van der Waals surface area contributed by atoms with Crippen LogP contribution in [0.3, 0.4) is 0 Å². The van der Waals surface area contributed by atoms with Crippen molar-refractivity contribution in [1.82, 2.24) is 0 Å². The molecule has 0 aliphatic carbocycles. The standard InChI is InChI=1S/C17H14ClFO2S/c1-11-9-12(3-8-17(20)21-2)15(18)10-16(11)22-14-6-4-13(19)5-7-14/h3-10H,1-2H3. The van der Waals surface area contributed by atoms with E-state index < -0.39 is 5.97 Å². The highest BCUT2D eigenvalue weighted by atomic mass is 35.5. The third-order valence-electron chi connectivity index (χ3n) is 2.94. The van der Waals surface area contributed by atoms with Crippen molar-refractivity contribution in [3.05, 3.63) is 64.4 Å². The van der Waals surface area contributed by atoms with Gasteiger partial charge in [0.15, 0.2) is 0 Å². The van der Waals surface area contributed by atoms with Crippen molar-refractivity contribution in [1.29, 1.82) is 0 Å². The summed E-state index contributed by atoms with van der Waals surface area (Å²) < 4.78 is 17.5. The molecule has 2 aromatic carbocycles. The molecule has 0 heterocycles. The maximum Gasteiger partial charge on any atom is 0.330 e. The molecule has 0 atom stereocenters. The molecule has 2 aromatic rings. The Kier molecular flexibility index (Phi) is 5.63. The highest BCUT2D eigenvalue weighted by Crippen LogP contribution is 2.34. The lowest BCUT2D eigenvalue weighted by atomic mass is 10.1. The summed E-state index contributed by atoms with van der Waals surface area (Å²) in [5, 5.41) is 0.537. The van der Waals surface area contributed by atoms with Gasteiger partial charge in [-0.15, -0.1) is 0 Å². The Hall–Kier alpha value is -1.78. The summed E-state index contributed by atoms with van der Waals surface area (Å²) in [5.74, 6) is -0.694. The number of esters is 1. The summed E-state index contributed by atoms with van der Waals surface area (Å²) in [5.41, 5.74) is 1.76. The highest BCUT2D eigenvalue weighted by molar-refractivity contribution is 7.99. The van der Waals surface area contributed by atoms with Crippen molar-refractivity contribution < 1.29 is 13.9 Å². The monoisotopic (exact) mass is 336 g/mol. The molecule has 0 spiro atoms. The highest BCUT2D eigenvalue weighted by Gasteiger charge is 2.07. The van der Waals surface area contributed by atoms with Crippen molar-refractivity contribution in [3.63, 3.8) is 0 Å². The Morgan fingerprint density at radius 2 is 1.95 bits per heavy atom. The zero-order valence-corrected chi connectivity index (χ0v) is 13.7. The fraction of sp³-hybridized carbons (Fsp3) is 0.118. The number of methoxy groups -OCH3 is 1. The van der Waals surface area contributed by atoms with E-state index in [0.29, 0.717) is 5.02 Å². The normalized spacial score (nSPS) is 10.9. The number of hydrogen-bond donors (Lipinski definition) is 0. The van der Waals surface area contributed by atoms with E-state index >= 15 is 0 Å². The maximum atomic E-state index is 12.9.